The first-order chi connectivity index (χ1) is 5.33. The van der Waals surface area contributed by atoms with Crippen LogP contribution in [0, 0.1) is 0 Å². The third-order valence-electron chi connectivity index (χ3n) is 1.45. The fraction of sp³-hybridized carbons (Fsp3) is 0.500. The Labute approximate surface area is 85.6 Å². The minimum absolute atomic E-state index is 1.01. The van der Waals surface area contributed by atoms with Gasteiger partial charge in [0.25, 0.3) is 0 Å². The summed E-state index contributed by atoms with van der Waals surface area (Å²) < 4.78 is 1.21. The highest BCUT2D eigenvalue weighted by atomic mass is 79.9. The van der Waals surface area contributed by atoms with Crippen LogP contribution in [0.5, 0.6) is 0 Å². The lowest BCUT2D eigenvalue weighted by atomic mass is 10.2. The first-order valence-electron chi connectivity index (χ1n) is 3.66. The van der Waals surface area contributed by atoms with Crippen LogP contribution in [0.4, 0.5) is 0 Å². The molecule has 0 nitrogen and oxygen atoms in total. The molecule has 0 amide bonds. The van der Waals surface area contributed by atoms with Crippen LogP contribution in [0.1, 0.15) is 17.7 Å². The van der Waals surface area contributed by atoms with Crippen molar-refractivity contribution < 1.29 is 0 Å². The number of aryl methyl sites for hydroxylation is 1. The number of rotatable bonds is 4. The molecule has 0 radical (unpaired) electrons. The van der Waals surface area contributed by atoms with Crippen molar-refractivity contribution in [3.63, 3.8) is 0 Å². The van der Waals surface area contributed by atoms with E-state index in [0.29, 0.717) is 0 Å². The van der Waals surface area contributed by atoms with Crippen LogP contribution in [-0.2, 0) is 6.42 Å². The Bertz CT molecular complexity index is 208. The quantitative estimate of drug-likeness (QED) is 0.611. The van der Waals surface area contributed by atoms with Crippen molar-refractivity contribution in [1.82, 2.24) is 0 Å². The summed E-state index contributed by atoms with van der Waals surface area (Å²) in [5.41, 5.74) is 0. The smallest absolute Gasteiger partial charge is 0.0285 e. The molecule has 0 saturated carbocycles. The maximum atomic E-state index is 4.17. The zero-order valence-corrected chi connectivity index (χ0v) is 9.51. The number of thiophene rings is 1. The van der Waals surface area contributed by atoms with Crippen LogP contribution in [0.15, 0.2) is 15.9 Å². The number of hydrogen-bond donors (Lipinski definition) is 1. The maximum absolute atomic E-state index is 4.17. The highest BCUT2D eigenvalue weighted by Crippen LogP contribution is 2.21. The van der Waals surface area contributed by atoms with Gasteiger partial charge >= 0.3 is 0 Å². The van der Waals surface area contributed by atoms with Crippen molar-refractivity contribution in [2.24, 2.45) is 0 Å². The monoisotopic (exact) mass is 250 g/mol. The number of halogens is 1. The molecular formula is C8H11BrS2. The molecule has 0 N–H and O–H groups in total. The predicted molar refractivity (Wildman–Crippen MR) is 58.8 cm³/mol. The van der Waals surface area contributed by atoms with E-state index in [9.17, 15) is 0 Å². The van der Waals surface area contributed by atoms with E-state index >= 15 is 0 Å². The lowest BCUT2D eigenvalue weighted by Gasteiger charge is -1.93. The predicted octanol–water partition coefficient (Wildman–Crippen LogP) is 3.76. The van der Waals surface area contributed by atoms with Gasteiger partial charge in [0.05, 0.1) is 0 Å². The van der Waals surface area contributed by atoms with Gasteiger partial charge in [-0.3, -0.25) is 0 Å². The average molecular weight is 251 g/mol. The van der Waals surface area contributed by atoms with Gasteiger partial charge in [0.15, 0.2) is 0 Å². The molecule has 0 bridgehead atoms. The Kier molecular flexibility index (Phi) is 4.57. The normalized spacial score (nSPS) is 10.4. The Morgan fingerprint density at radius 2 is 2.27 bits per heavy atom. The summed E-state index contributed by atoms with van der Waals surface area (Å²) in [4.78, 5) is 1.47. The third kappa shape index (κ3) is 3.63. The van der Waals surface area contributed by atoms with E-state index < -0.39 is 0 Å². The summed E-state index contributed by atoms with van der Waals surface area (Å²) in [5, 5.41) is 2.13. The second-order valence-corrected chi connectivity index (χ2v) is 4.77. The molecule has 1 aromatic rings. The zero-order chi connectivity index (χ0) is 8.10. The first kappa shape index (κ1) is 9.62. The average Bonchev–Trinajstić information content (AvgIpc) is 2.37. The van der Waals surface area contributed by atoms with E-state index in [4.69, 9.17) is 0 Å². The van der Waals surface area contributed by atoms with Gasteiger partial charge in [0, 0.05) is 14.7 Å². The molecule has 11 heavy (non-hydrogen) atoms. The van der Waals surface area contributed by atoms with Crippen LogP contribution in [0.3, 0.4) is 0 Å². The largest absolute Gasteiger partial charge is 0.179 e. The molecule has 3 heteroatoms. The summed E-state index contributed by atoms with van der Waals surface area (Å²) in [7, 11) is 0. The Morgan fingerprint density at radius 3 is 2.82 bits per heavy atom. The minimum Gasteiger partial charge on any atom is -0.179 e. The molecule has 1 rings (SSSR count). The van der Waals surface area contributed by atoms with E-state index in [1.54, 1.807) is 0 Å². The molecule has 62 valence electrons. The minimum atomic E-state index is 1.01. The molecule has 0 aliphatic heterocycles. The Balaban J connectivity index is 2.27. The molecule has 0 fully saturated rings. The highest BCUT2D eigenvalue weighted by Gasteiger charge is 1.96. The summed E-state index contributed by atoms with van der Waals surface area (Å²) in [6.45, 7) is 0. The van der Waals surface area contributed by atoms with Crippen molar-refractivity contribution in [2.45, 2.75) is 19.3 Å². The van der Waals surface area contributed by atoms with Crippen molar-refractivity contribution >= 4 is 39.9 Å². The highest BCUT2D eigenvalue weighted by molar-refractivity contribution is 9.10. The van der Waals surface area contributed by atoms with Gasteiger partial charge in [0.1, 0.15) is 0 Å². The molecule has 1 aromatic heterocycles. The van der Waals surface area contributed by atoms with E-state index in [0.717, 1.165) is 5.75 Å². The second kappa shape index (κ2) is 5.22. The molecule has 0 aliphatic carbocycles. The lowest BCUT2D eigenvalue weighted by Crippen LogP contribution is -1.81. The number of hydrogen-bond acceptors (Lipinski definition) is 2. The SMILES string of the molecule is SCCCCc1cc(Br)cs1. The van der Waals surface area contributed by atoms with E-state index in [-0.39, 0.29) is 0 Å². The topological polar surface area (TPSA) is 0 Å². The molecule has 0 atom stereocenters. The van der Waals surface area contributed by atoms with Crippen LogP contribution < -0.4 is 0 Å². The molecule has 1 heterocycles. The van der Waals surface area contributed by atoms with Crippen LogP contribution in [0.2, 0.25) is 0 Å². The Hall–Kier alpha value is 0.530. The third-order valence-corrected chi connectivity index (χ3v) is 3.53. The summed E-state index contributed by atoms with van der Waals surface area (Å²) in [6.07, 6.45) is 3.69. The second-order valence-electron chi connectivity index (χ2n) is 2.41. The van der Waals surface area contributed by atoms with Crippen LogP contribution in [0.25, 0.3) is 0 Å². The van der Waals surface area contributed by atoms with Gasteiger partial charge in [-0.05, 0) is 47.0 Å². The fourth-order valence-electron chi connectivity index (χ4n) is 0.896. The van der Waals surface area contributed by atoms with E-state index in [1.165, 1.54) is 28.6 Å². The van der Waals surface area contributed by atoms with Gasteiger partial charge in [-0.1, -0.05) is 0 Å². The van der Waals surface area contributed by atoms with Crippen molar-refractivity contribution in [3.05, 3.63) is 20.8 Å². The molecule has 0 aromatic carbocycles. The van der Waals surface area contributed by atoms with Gasteiger partial charge < -0.3 is 0 Å². The lowest BCUT2D eigenvalue weighted by molar-refractivity contribution is 0.813. The van der Waals surface area contributed by atoms with Crippen molar-refractivity contribution in [2.75, 3.05) is 5.75 Å². The van der Waals surface area contributed by atoms with Gasteiger partial charge in [0.2, 0.25) is 0 Å². The van der Waals surface area contributed by atoms with E-state index in [2.05, 4.69) is 40.0 Å². The Morgan fingerprint density at radius 1 is 1.45 bits per heavy atom. The standard InChI is InChI=1S/C8H11BrS2/c9-7-5-8(11-6-7)3-1-2-4-10/h5-6,10H,1-4H2. The first-order valence-corrected chi connectivity index (χ1v) is 5.97. The number of thiol groups is 1. The summed E-state index contributed by atoms with van der Waals surface area (Å²) >= 11 is 9.43. The maximum Gasteiger partial charge on any atom is 0.0285 e. The van der Waals surface area contributed by atoms with Crippen molar-refractivity contribution in [1.29, 1.82) is 0 Å². The molecule has 0 unspecified atom stereocenters. The molecule has 0 aliphatic rings. The van der Waals surface area contributed by atoms with Crippen LogP contribution >= 0.6 is 39.9 Å². The molecule has 0 spiro atoms. The zero-order valence-electron chi connectivity index (χ0n) is 6.22. The van der Waals surface area contributed by atoms with Gasteiger partial charge in [-0.25, -0.2) is 0 Å². The van der Waals surface area contributed by atoms with Gasteiger partial charge in [-0.2, -0.15) is 12.6 Å². The molecular weight excluding hydrogens is 240 g/mol. The molecule has 0 saturated heterocycles. The summed E-state index contributed by atoms with van der Waals surface area (Å²) in [6, 6.07) is 2.20. The van der Waals surface area contributed by atoms with E-state index in [1.807, 2.05) is 11.3 Å². The van der Waals surface area contributed by atoms with Gasteiger partial charge in [-0.15, -0.1) is 11.3 Å². The van der Waals surface area contributed by atoms with Crippen molar-refractivity contribution in [3.8, 4) is 0 Å². The summed E-state index contributed by atoms with van der Waals surface area (Å²) in [5.74, 6) is 1.01. The number of unbranched alkanes of at least 4 members (excludes halogenated alkanes) is 1. The fourth-order valence-corrected chi connectivity index (χ4v) is 2.62. The van der Waals surface area contributed by atoms with Crippen LogP contribution in [-0.4, -0.2) is 5.75 Å².